The van der Waals surface area contributed by atoms with Crippen LogP contribution in [0.4, 0.5) is 16.2 Å². The maximum Gasteiger partial charge on any atom is 0.319 e. The highest BCUT2D eigenvalue weighted by molar-refractivity contribution is 5.96. The van der Waals surface area contributed by atoms with Gasteiger partial charge in [0.05, 0.1) is 19.9 Å². The smallest absolute Gasteiger partial charge is 0.319 e. The van der Waals surface area contributed by atoms with E-state index in [1.54, 1.807) is 49.4 Å². The molecule has 0 aromatic heterocycles. The quantitative estimate of drug-likeness (QED) is 0.471. The molecule has 0 bridgehead atoms. The Bertz CT molecular complexity index is 883. The Hall–Kier alpha value is -3.75. The monoisotopic (exact) mass is 414 g/mol. The summed E-state index contributed by atoms with van der Waals surface area (Å²) in [5, 5.41) is 10.8. The number of methoxy groups -OCH3 is 2. The van der Waals surface area contributed by atoms with Crippen molar-refractivity contribution in [3.63, 3.8) is 0 Å². The first-order valence-electron chi connectivity index (χ1n) is 9.42. The Balaban J connectivity index is 1.77. The van der Waals surface area contributed by atoms with Gasteiger partial charge in [-0.3, -0.25) is 9.59 Å². The number of hydrogen-bond donors (Lipinski definition) is 4. The Morgan fingerprint density at radius 1 is 0.867 bits per heavy atom. The van der Waals surface area contributed by atoms with E-state index in [1.165, 1.54) is 14.2 Å². The van der Waals surface area contributed by atoms with Gasteiger partial charge >= 0.3 is 6.03 Å². The van der Waals surface area contributed by atoms with E-state index >= 15 is 0 Å². The molecule has 0 spiro atoms. The van der Waals surface area contributed by atoms with Crippen LogP contribution in [-0.2, 0) is 4.79 Å². The second-order valence-electron chi connectivity index (χ2n) is 6.16. The molecule has 9 nitrogen and oxygen atoms in total. The van der Waals surface area contributed by atoms with Crippen molar-refractivity contribution in [2.45, 2.75) is 13.3 Å². The minimum Gasteiger partial charge on any atom is -0.493 e. The van der Waals surface area contributed by atoms with Crippen molar-refractivity contribution in [2.75, 3.05) is 37.9 Å². The molecule has 0 aliphatic carbocycles. The molecule has 0 unspecified atom stereocenters. The molecule has 4 amide bonds. The van der Waals surface area contributed by atoms with Gasteiger partial charge in [-0.05, 0) is 36.4 Å². The molecule has 4 N–H and O–H groups in total. The molecular formula is C21H26N4O5. The molecule has 0 fully saturated rings. The highest BCUT2D eigenvalue weighted by Crippen LogP contribution is 2.34. The van der Waals surface area contributed by atoms with Crippen LogP contribution in [0.5, 0.6) is 11.5 Å². The maximum absolute atomic E-state index is 12.2. The van der Waals surface area contributed by atoms with E-state index in [-0.39, 0.29) is 24.9 Å². The predicted molar refractivity (Wildman–Crippen MR) is 114 cm³/mol. The molecule has 160 valence electrons. The molecule has 2 rings (SSSR count). The first kappa shape index (κ1) is 22.5. The SMILES string of the molecule is CCC(=O)Nc1ccc(C(=O)NCCNC(=O)Nc2cccc(OC)c2OC)cc1. The number of urea groups is 1. The third-order valence-electron chi connectivity index (χ3n) is 4.10. The summed E-state index contributed by atoms with van der Waals surface area (Å²) in [6.45, 7) is 2.24. The summed E-state index contributed by atoms with van der Waals surface area (Å²) in [6, 6.07) is 11.3. The number of carbonyl (C=O) groups excluding carboxylic acids is 3. The summed E-state index contributed by atoms with van der Waals surface area (Å²) in [5.74, 6) is 0.549. The topological polar surface area (TPSA) is 118 Å². The van der Waals surface area contributed by atoms with E-state index in [4.69, 9.17) is 9.47 Å². The fourth-order valence-electron chi connectivity index (χ4n) is 2.56. The second-order valence-corrected chi connectivity index (χ2v) is 6.16. The highest BCUT2D eigenvalue weighted by Gasteiger charge is 2.12. The van der Waals surface area contributed by atoms with Gasteiger partial charge in [-0.1, -0.05) is 13.0 Å². The summed E-state index contributed by atoms with van der Waals surface area (Å²) in [6.07, 6.45) is 0.382. The van der Waals surface area contributed by atoms with Crippen molar-refractivity contribution in [2.24, 2.45) is 0 Å². The standard InChI is InChI=1S/C21H26N4O5/c1-4-18(26)24-15-10-8-14(9-11-15)20(27)22-12-13-23-21(28)25-16-6-5-7-17(29-2)19(16)30-3/h5-11H,4,12-13H2,1-3H3,(H,22,27)(H,24,26)(H2,23,25,28). The summed E-state index contributed by atoms with van der Waals surface area (Å²) in [5.41, 5.74) is 1.55. The highest BCUT2D eigenvalue weighted by atomic mass is 16.5. The fourth-order valence-corrected chi connectivity index (χ4v) is 2.56. The zero-order chi connectivity index (χ0) is 21.9. The molecule has 0 saturated heterocycles. The molecule has 0 atom stereocenters. The van der Waals surface area contributed by atoms with Crippen LogP contribution in [0.25, 0.3) is 0 Å². The number of benzene rings is 2. The van der Waals surface area contributed by atoms with Crippen LogP contribution < -0.4 is 30.7 Å². The summed E-state index contributed by atoms with van der Waals surface area (Å²) in [7, 11) is 3.00. The molecule has 30 heavy (non-hydrogen) atoms. The second kappa shape index (κ2) is 11.3. The Morgan fingerprint density at radius 3 is 2.20 bits per heavy atom. The molecule has 0 saturated carbocycles. The summed E-state index contributed by atoms with van der Waals surface area (Å²) >= 11 is 0. The van der Waals surface area contributed by atoms with Crippen molar-refractivity contribution >= 4 is 29.2 Å². The van der Waals surface area contributed by atoms with Crippen LogP contribution in [0.1, 0.15) is 23.7 Å². The largest absolute Gasteiger partial charge is 0.493 e. The van der Waals surface area contributed by atoms with Crippen LogP contribution in [-0.4, -0.2) is 45.2 Å². The van der Waals surface area contributed by atoms with Crippen LogP contribution >= 0.6 is 0 Å². The van der Waals surface area contributed by atoms with Crippen molar-refractivity contribution in [1.82, 2.24) is 10.6 Å². The zero-order valence-electron chi connectivity index (χ0n) is 17.2. The molecular weight excluding hydrogens is 388 g/mol. The van der Waals surface area contributed by atoms with Crippen molar-refractivity contribution in [3.8, 4) is 11.5 Å². The molecule has 9 heteroatoms. The normalized spacial score (nSPS) is 9.97. The van der Waals surface area contributed by atoms with E-state index in [0.717, 1.165) is 0 Å². The van der Waals surface area contributed by atoms with Crippen molar-refractivity contribution in [3.05, 3.63) is 48.0 Å². The summed E-state index contributed by atoms with van der Waals surface area (Å²) < 4.78 is 10.5. The van der Waals surface area contributed by atoms with Gasteiger partial charge in [-0.2, -0.15) is 0 Å². The minimum absolute atomic E-state index is 0.0943. The third kappa shape index (κ3) is 6.40. The van der Waals surface area contributed by atoms with Gasteiger partial charge in [0.1, 0.15) is 0 Å². The molecule has 0 heterocycles. The Labute approximate surface area is 175 Å². The lowest BCUT2D eigenvalue weighted by Crippen LogP contribution is -2.36. The van der Waals surface area contributed by atoms with Gasteiger partial charge in [-0.15, -0.1) is 0 Å². The lowest BCUT2D eigenvalue weighted by molar-refractivity contribution is -0.115. The van der Waals surface area contributed by atoms with Gasteiger partial charge in [0.25, 0.3) is 5.91 Å². The lowest BCUT2D eigenvalue weighted by atomic mass is 10.2. The average Bonchev–Trinajstić information content (AvgIpc) is 2.76. The van der Waals surface area contributed by atoms with E-state index in [9.17, 15) is 14.4 Å². The first-order valence-corrected chi connectivity index (χ1v) is 9.42. The van der Waals surface area contributed by atoms with Crippen molar-refractivity contribution < 1.29 is 23.9 Å². The van der Waals surface area contributed by atoms with Crippen LogP contribution in [0, 0.1) is 0 Å². The third-order valence-corrected chi connectivity index (χ3v) is 4.10. The minimum atomic E-state index is -0.438. The number of carbonyl (C=O) groups is 3. The van der Waals surface area contributed by atoms with E-state index < -0.39 is 6.03 Å². The number of nitrogens with one attached hydrogen (secondary N) is 4. The molecule has 2 aromatic rings. The van der Waals surface area contributed by atoms with Gasteiger partial charge in [-0.25, -0.2) is 4.79 Å². The Kier molecular flexibility index (Phi) is 8.49. The molecule has 0 aliphatic rings. The molecule has 0 aliphatic heterocycles. The number of ether oxygens (including phenoxy) is 2. The van der Waals surface area contributed by atoms with Crippen molar-refractivity contribution in [1.29, 1.82) is 0 Å². The van der Waals surface area contributed by atoms with Crippen LogP contribution in [0.3, 0.4) is 0 Å². The van der Waals surface area contributed by atoms with Crippen LogP contribution in [0.15, 0.2) is 42.5 Å². The summed E-state index contributed by atoms with van der Waals surface area (Å²) in [4.78, 5) is 35.6. The van der Waals surface area contributed by atoms with Gasteiger partial charge < -0.3 is 30.7 Å². The Morgan fingerprint density at radius 2 is 1.57 bits per heavy atom. The maximum atomic E-state index is 12.2. The van der Waals surface area contributed by atoms with E-state index in [0.29, 0.717) is 34.9 Å². The number of para-hydroxylation sites is 1. The average molecular weight is 414 g/mol. The zero-order valence-corrected chi connectivity index (χ0v) is 17.2. The molecule has 2 aromatic carbocycles. The van der Waals surface area contributed by atoms with Gasteiger partial charge in [0.15, 0.2) is 11.5 Å². The van der Waals surface area contributed by atoms with E-state index in [2.05, 4.69) is 21.3 Å². The van der Waals surface area contributed by atoms with E-state index in [1.807, 2.05) is 0 Å². The molecule has 0 radical (unpaired) electrons. The van der Waals surface area contributed by atoms with Crippen LogP contribution in [0.2, 0.25) is 0 Å². The number of rotatable bonds is 9. The fraction of sp³-hybridized carbons (Fsp3) is 0.286. The first-order chi connectivity index (χ1) is 14.5. The number of anilines is 2. The number of hydrogen-bond acceptors (Lipinski definition) is 5. The predicted octanol–water partition coefficient (Wildman–Crippen LogP) is 2.60. The van der Waals surface area contributed by atoms with Gasteiger partial charge in [0, 0.05) is 30.8 Å². The lowest BCUT2D eigenvalue weighted by Gasteiger charge is -2.14. The number of amides is 4. The van der Waals surface area contributed by atoms with Gasteiger partial charge in [0.2, 0.25) is 5.91 Å².